The Labute approximate surface area is 178 Å². The van der Waals surface area contributed by atoms with E-state index in [-0.39, 0.29) is 29.4 Å². The number of halogens is 1. The van der Waals surface area contributed by atoms with Crippen molar-refractivity contribution in [2.75, 3.05) is 13.1 Å². The van der Waals surface area contributed by atoms with Crippen LogP contribution >= 0.6 is 24.0 Å². The number of nitrogens with one attached hydrogen (secondary N) is 2. The largest absolute Gasteiger partial charge is 0.443 e. The van der Waals surface area contributed by atoms with E-state index in [2.05, 4.69) is 46.5 Å². The van der Waals surface area contributed by atoms with E-state index in [1.54, 1.807) is 6.20 Å². The van der Waals surface area contributed by atoms with Crippen LogP contribution in [0.15, 0.2) is 20.1 Å². The Morgan fingerprint density at radius 1 is 1.22 bits per heavy atom. The fraction of sp³-hybridized carbons (Fsp3) is 0.632. The second kappa shape index (κ2) is 10.7. The van der Waals surface area contributed by atoms with Gasteiger partial charge in [0.25, 0.3) is 0 Å². The maximum atomic E-state index is 5.79. The number of rotatable bonds is 7. The summed E-state index contributed by atoms with van der Waals surface area (Å²) in [5, 5.41) is 10.6. The van der Waals surface area contributed by atoms with Gasteiger partial charge in [0, 0.05) is 24.1 Å². The van der Waals surface area contributed by atoms with Gasteiger partial charge in [-0.2, -0.15) is 0 Å². The molecule has 0 fully saturated rings. The normalized spacial score (nSPS) is 12.0. The predicted octanol–water partition coefficient (Wildman–Crippen LogP) is 3.88. The number of guanidine groups is 1. The molecule has 0 saturated carbocycles. The first kappa shape index (κ1) is 23.5. The van der Waals surface area contributed by atoms with Crippen LogP contribution < -0.4 is 10.6 Å². The van der Waals surface area contributed by atoms with E-state index in [4.69, 9.17) is 8.94 Å². The lowest BCUT2D eigenvalue weighted by atomic mass is 9.94. The van der Waals surface area contributed by atoms with Gasteiger partial charge in [-0.15, -0.1) is 24.0 Å². The average molecular weight is 489 g/mol. The molecule has 0 aromatic carbocycles. The van der Waals surface area contributed by atoms with Gasteiger partial charge in [0.15, 0.2) is 5.96 Å². The van der Waals surface area contributed by atoms with Crippen molar-refractivity contribution < 1.29 is 8.94 Å². The fourth-order valence-corrected chi connectivity index (χ4v) is 2.55. The minimum absolute atomic E-state index is 0. The number of aliphatic imine (C=N–C) groups is 1. The van der Waals surface area contributed by atoms with Crippen molar-refractivity contribution in [2.45, 2.75) is 66.3 Å². The molecule has 0 spiro atoms. The van der Waals surface area contributed by atoms with Gasteiger partial charge < -0.3 is 19.6 Å². The van der Waals surface area contributed by atoms with Crippen molar-refractivity contribution >= 4 is 29.9 Å². The van der Waals surface area contributed by atoms with Crippen molar-refractivity contribution in [1.29, 1.82) is 0 Å². The van der Waals surface area contributed by atoms with Crippen LogP contribution in [-0.2, 0) is 18.4 Å². The van der Waals surface area contributed by atoms with Crippen LogP contribution in [-0.4, -0.2) is 29.2 Å². The third-order valence-corrected chi connectivity index (χ3v) is 4.09. The SMILES string of the molecule is CCNC(=NCc1ncc(C(C)(C)C)o1)NCCCc1c(C)noc1C.I. The molecule has 2 N–H and O–H groups in total. The lowest BCUT2D eigenvalue weighted by Crippen LogP contribution is -2.37. The highest BCUT2D eigenvalue weighted by atomic mass is 127. The summed E-state index contributed by atoms with van der Waals surface area (Å²) < 4.78 is 11.0. The molecule has 2 heterocycles. The van der Waals surface area contributed by atoms with E-state index in [9.17, 15) is 0 Å². The highest BCUT2D eigenvalue weighted by Crippen LogP contribution is 2.22. The van der Waals surface area contributed by atoms with Crippen LogP contribution in [0.1, 0.15) is 62.8 Å². The van der Waals surface area contributed by atoms with Gasteiger partial charge in [0.2, 0.25) is 5.89 Å². The molecule has 0 aliphatic heterocycles. The zero-order valence-electron chi connectivity index (χ0n) is 17.2. The predicted molar refractivity (Wildman–Crippen MR) is 118 cm³/mol. The third kappa shape index (κ3) is 7.15. The molecule has 0 unspecified atom stereocenters. The van der Waals surface area contributed by atoms with Gasteiger partial charge in [-0.05, 0) is 33.6 Å². The average Bonchev–Trinajstić information content (AvgIpc) is 3.17. The van der Waals surface area contributed by atoms with Gasteiger partial charge in [-0.3, -0.25) is 0 Å². The lowest BCUT2D eigenvalue weighted by Gasteiger charge is -2.13. The third-order valence-electron chi connectivity index (χ3n) is 4.09. The highest BCUT2D eigenvalue weighted by molar-refractivity contribution is 14.0. The van der Waals surface area contributed by atoms with Crippen molar-refractivity contribution in [1.82, 2.24) is 20.8 Å². The Bertz CT molecular complexity index is 711. The Balaban J connectivity index is 0.00000364. The van der Waals surface area contributed by atoms with E-state index in [1.165, 1.54) is 5.56 Å². The molecule has 0 saturated heterocycles. The van der Waals surface area contributed by atoms with E-state index in [1.807, 2.05) is 20.8 Å². The number of aryl methyl sites for hydroxylation is 2. The number of aromatic nitrogens is 2. The van der Waals surface area contributed by atoms with Crippen LogP contribution in [0.3, 0.4) is 0 Å². The molecule has 2 aromatic rings. The van der Waals surface area contributed by atoms with Crippen LogP contribution in [0.4, 0.5) is 0 Å². The molecule has 0 aliphatic rings. The monoisotopic (exact) mass is 489 g/mol. The van der Waals surface area contributed by atoms with Crippen LogP contribution in [0.5, 0.6) is 0 Å². The Morgan fingerprint density at radius 3 is 2.52 bits per heavy atom. The van der Waals surface area contributed by atoms with Crippen LogP contribution in [0.2, 0.25) is 0 Å². The highest BCUT2D eigenvalue weighted by Gasteiger charge is 2.19. The summed E-state index contributed by atoms with van der Waals surface area (Å²) in [6, 6.07) is 0. The van der Waals surface area contributed by atoms with Crippen molar-refractivity contribution in [3.05, 3.63) is 34.9 Å². The quantitative estimate of drug-likeness (QED) is 0.266. The molecule has 7 nitrogen and oxygen atoms in total. The summed E-state index contributed by atoms with van der Waals surface area (Å²) in [7, 11) is 0. The lowest BCUT2D eigenvalue weighted by molar-refractivity contribution is 0.383. The molecule has 8 heteroatoms. The Hall–Kier alpha value is -1.58. The van der Waals surface area contributed by atoms with Gasteiger partial charge in [-0.25, -0.2) is 9.98 Å². The van der Waals surface area contributed by atoms with Gasteiger partial charge >= 0.3 is 0 Å². The second-order valence-corrected chi connectivity index (χ2v) is 7.40. The molecular formula is C19H32IN5O2. The molecular weight excluding hydrogens is 457 g/mol. The Morgan fingerprint density at radius 2 is 1.96 bits per heavy atom. The topological polar surface area (TPSA) is 88.5 Å². The van der Waals surface area contributed by atoms with Crippen molar-refractivity contribution in [3.63, 3.8) is 0 Å². The van der Waals surface area contributed by atoms with Crippen LogP contribution in [0.25, 0.3) is 0 Å². The maximum absolute atomic E-state index is 5.79. The van der Waals surface area contributed by atoms with Crippen molar-refractivity contribution in [2.24, 2.45) is 4.99 Å². The molecule has 152 valence electrons. The molecule has 0 atom stereocenters. The molecule has 2 rings (SSSR count). The zero-order chi connectivity index (χ0) is 19.2. The summed E-state index contributed by atoms with van der Waals surface area (Å²) >= 11 is 0. The summed E-state index contributed by atoms with van der Waals surface area (Å²) in [5.41, 5.74) is 2.13. The fourth-order valence-electron chi connectivity index (χ4n) is 2.55. The van der Waals surface area contributed by atoms with Crippen molar-refractivity contribution in [3.8, 4) is 0 Å². The molecule has 0 radical (unpaired) electrons. The zero-order valence-corrected chi connectivity index (χ0v) is 19.5. The smallest absolute Gasteiger partial charge is 0.216 e. The number of hydrogen-bond acceptors (Lipinski definition) is 5. The summed E-state index contributed by atoms with van der Waals surface area (Å²) in [6.45, 7) is 14.3. The van der Waals surface area contributed by atoms with E-state index < -0.39 is 0 Å². The van der Waals surface area contributed by atoms with Gasteiger partial charge in [0.05, 0.1) is 11.9 Å². The minimum atomic E-state index is -0.0457. The molecule has 2 aromatic heterocycles. The van der Waals surface area contributed by atoms with E-state index >= 15 is 0 Å². The van der Waals surface area contributed by atoms with Gasteiger partial charge in [0.1, 0.15) is 18.1 Å². The summed E-state index contributed by atoms with van der Waals surface area (Å²) in [4.78, 5) is 8.87. The molecule has 0 aliphatic carbocycles. The first-order valence-corrected chi connectivity index (χ1v) is 9.20. The molecule has 0 bridgehead atoms. The summed E-state index contributed by atoms with van der Waals surface area (Å²) in [6.07, 6.45) is 3.69. The maximum Gasteiger partial charge on any atom is 0.216 e. The van der Waals surface area contributed by atoms with E-state index in [0.717, 1.165) is 49.1 Å². The second-order valence-electron chi connectivity index (χ2n) is 7.40. The summed E-state index contributed by atoms with van der Waals surface area (Å²) in [5.74, 6) is 3.17. The first-order valence-electron chi connectivity index (χ1n) is 9.20. The van der Waals surface area contributed by atoms with Crippen LogP contribution in [0, 0.1) is 13.8 Å². The number of nitrogens with zero attached hydrogens (tertiary/aromatic N) is 3. The standard InChI is InChI=1S/C19H31N5O2.HI/c1-7-20-18(21-10-8-9-15-13(2)24-26-14(15)3)23-12-17-22-11-16(25-17)19(4,5)6;/h11H,7-10,12H2,1-6H3,(H2,20,21,23);1H. The minimum Gasteiger partial charge on any atom is -0.443 e. The first-order chi connectivity index (χ1) is 12.3. The number of oxazole rings is 1. The number of hydrogen-bond donors (Lipinski definition) is 2. The van der Waals surface area contributed by atoms with E-state index in [0.29, 0.717) is 12.4 Å². The molecule has 27 heavy (non-hydrogen) atoms. The molecule has 0 amide bonds. The Kier molecular flexibility index (Phi) is 9.28. The van der Waals surface area contributed by atoms with Gasteiger partial charge in [-0.1, -0.05) is 25.9 Å².